The molecule has 0 aromatic carbocycles. The van der Waals surface area contributed by atoms with Crippen molar-refractivity contribution < 1.29 is 4.74 Å². The number of hydrogen-bond donors (Lipinski definition) is 1. The van der Waals surface area contributed by atoms with E-state index in [9.17, 15) is 0 Å². The van der Waals surface area contributed by atoms with Gasteiger partial charge in [-0.2, -0.15) is 5.10 Å². The van der Waals surface area contributed by atoms with Gasteiger partial charge in [0.15, 0.2) is 0 Å². The van der Waals surface area contributed by atoms with Crippen molar-refractivity contribution in [3.05, 3.63) is 5.69 Å². The summed E-state index contributed by atoms with van der Waals surface area (Å²) >= 11 is 0. The van der Waals surface area contributed by atoms with Crippen LogP contribution in [-0.2, 0) is 7.05 Å². The fourth-order valence-corrected chi connectivity index (χ4v) is 3.24. The molecule has 1 saturated carbocycles. The van der Waals surface area contributed by atoms with Gasteiger partial charge in [0.25, 0.3) is 0 Å². The van der Waals surface area contributed by atoms with E-state index in [0.717, 1.165) is 36.3 Å². The number of aromatic nitrogens is 2. The zero-order valence-electron chi connectivity index (χ0n) is 12.8. The quantitative estimate of drug-likeness (QED) is 0.912. The molecule has 1 aliphatic rings. The summed E-state index contributed by atoms with van der Waals surface area (Å²) in [6.07, 6.45) is 3.81. The van der Waals surface area contributed by atoms with Gasteiger partial charge in [0.2, 0.25) is 5.88 Å². The first kappa shape index (κ1) is 14.2. The van der Waals surface area contributed by atoms with Gasteiger partial charge in [0.1, 0.15) is 11.8 Å². The Bertz CT molecular complexity index is 429. The molecule has 2 unspecified atom stereocenters. The van der Waals surface area contributed by atoms with Crippen LogP contribution in [0.3, 0.4) is 0 Å². The van der Waals surface area contributed by atoms with Gasteiger partial charge in [-0.1, -0.05) is 27.7 Å². The molecular weight excluding hydrogens is 238 g/mol. The largest absolute Gasteiger partial charge is 0.473 e. The number of nitrogens with zero attached hydrogens (tertiary/aromatic N) is 2. The monoisotopic (exact) mass is 265 g/mol. The Morgan fingerprint density at radius 1 is 1.21 bits per heavy atom. The molecule has 0 bridgehead atoms. The standard InChI is InChI=1S/C15H27N3O/c1-9(2)14-13(16)15(18(5)17-14)19-12-7-10(3)6-11(4)8-12/h9-12H,6-8,16H2,1-5H3. The highest BCUT2D eigenvalue weighted by Gasteiger charge is 2.27. The van der Waals surface area contributed by atoms with Crippen molar-refractivity contribution >= 4 is 5.69 Å². The van der Waals surface area contributed by atoms with Gasteiger partial charge >= 0.3 is 0 Å². The van der Waals surface area contributed by atoms with Crippen LogP contribution in [0.25, 0.3) is 0 Å². The number of anilines is 1. The minimum atomic E-state index is 0.275. The normalized spacial score (nSPS) is 27.8. The first-order valence-electron chi connectivity index (χ1n) is 7.37. The maximum atomic E-state index is 6.18. The first-order valence-corrected chi connectivity index (χ1v) is 7.37. The topological polar surface area (TPSA) is 53.1 Å². The van der Waals surface area contributed by atoms with E-state index in [2.05, 4.69) is 32.8 Å². The number of aryl methyl sites for hydroxylation is 1. The summed E-state index contributed by atoms with van der Waals surface area (Å²) in [5.41, 5.74) is 7.83. The molecule has 2 N–H and O–H groups in total. The molecular formula is C15H27N3O. The zero-order chi connectivity index (χ0) is 14.2. The molecule has 0 spiro atoms. The number of nitrogens with two attached hydrogens (primary N) is 1. The van der Waals surface area contributed by atoms with Gasteiger partial charge < -0.3 is 10.5 Å². The van der Waals surface area contributed by atoms with E-state index in [4.69, 9.17) is 10.5 Å². The average molecular weight is 265 g/mol. The maximum absolute atomic E-state index is 6.18. The van der Waals surface area contributed by atoms with Crippen LogP contribution in [0.2, 0.25) is 0 Å². The van der Waals surface area contributed by atoms with E-state index >= 15 is 0 Å². The Hall–Kier alpha value is -1.19. The van der Waals surface area contributed by atoms with E-state index in [1.54, 1.807) is 4.68 Å². The third kappa shape index (κ3) is 3.04. The second kappa shape index (κ2) is 5.43. The molecule has 1 aromatic rings. The smallest absolute Gasteiger partial charge is 0.236 e. The molecule has 108 valence electrons. The van der Waals surface area contributed by atoms with Crippen LogP contribution < -0.4 is 10.5 Å². The Balaban J connectivity index is 2.15. The molecule has 2 atom stereocenters. The minimum Gasteiger partial charge on any atom is -0.473 e. The third-order valence-electron chi connectivity index (χ3n) is 4.02. The summed E-state index contributed by atoms with van der Waals surface area (Å²) in [5.74, 6) is 2.53. The molecule has 2 rings (SSSR count). The minimum absolute atomic E-state index is 0.275. The Labute approximate surface area is 116 Å². The maximum Gasteiger partial charge on any atom is 0.236 e. The van der Waals surface area contributed by atoms with Crippen molar-refractivity contribution in [1.82, 2.24) is 9.78 Å². The van der Waals surface area contributed by atoms with E-state index in [0.29, 0.717) is 11.6 Å². The summed E-state index contributed by atoms with van der Waals surface area (Å²) in [4.78, 5) is 0. The highest BCUT2D eigenvalue weighted by Crippen LogP contribution is 2.35. The number of ether oxygens (including phenoxy) is 1. The average Bonchev–Trinajstić information content (AvgIpc) is 2.56. The molecule has 1 aromatic heterocycles. The van der Waals surface area contributed by atoms with Crippen molar-refractivity contribution in [2.24, 2.45) is 18.9 Å². The van der Waals surface area contributed by atoms with Gasteiger partial charge in [0, 0.05) is 7.05 Å². The number of rotatable bonds is 3. The lowest BCUT2D eigenvalue weighted by molar-refractivity contribution is 0.0932. The van der Waals surface area contributed by atoms with E-state index in [1.807, 2.05) is 7.05 Å². The van der Waals surface area contributed by atoms with Crippen LogP contribution in [-0.4, -0.2) is 15.9 Å². The Morgan fingerprint density at radius 3 is 2.26 bits per heavy atom. The van der Waals surface area contributed by atoms with Crippen molar-refractivity contribution in [3.8, 4) is 5.88 Å². The van der Waals surface area contributed by atoms with E-state index in [1.165, 1.54) is 6.42 Å². The molecule has 0 saturated heterocycles. The summed E-state index contributed by atoms with van der Waals surface area (Å²) in [6, 6.07) is 0. The second-order valence-corrected chi connectivity index (χ2v) is 6.54. The van der Waals surface area contributed by atoms with Crippen LogP contribution in [0, 0.1) is 11.8 Å². The van der Waals surface area contributed by atoms with Crippen molar-refractivity contribution in [2.75, 3.05) is 5.73 Å². The van der Waals surface area contributed by atoms with Crippen LogP contribution >= 0.6 is 0 Å². The lowest BCUT2D eigenvalue weighted by Crippen LogP contribution is -2.29. The molecule has 19 heavy (non-hydrogen) atoms. The number of hydrogen-bond acceptors (Lipinski definition) is 3. The number of nitrogen functional groups attached to an aromatic ring is 1. The van der Waals surface area contributed by atoms with Gasteiger partial charge in [-0.3, -0.25) is 0 Å². The van der Waals surface area contributed by atoms with Gasteiger partial charge in [0.05, 0.1) is 5.69 Å². The predicted molar refractivity (Wildman–Crippen MR) is 78.3 cm³/mol. The van der Waals surface area contributed by atoms with Crippen molar-refractivity contribution in [2.45, 2.75) is 59.0 Å². The third-order valence-corrected chi connectivity index (χ3v) is 4.02. The van der Waals surface area contributed by atoms with Crippen molar-refractivity contribution in [3.63, 3.8) is 0 Å². The lowest BCUT2D eigenvalue weighted by Gasteiger charge is -2.31. The molecule has 0 amide bonds. The zero-order valence-corrected chi connectivity index (χ0v) is 12.8. The Kier molecular flexibility index (Phi) is 4.07. The molecule has 1 aliphatic carbocycles. The van der Waals surface area contributed by atoms with E-state index in [-0.39, 0.29) is 6.10 Å². The van der Waals surface area contributed by atoms with Crippen LogP contribution in [0.4, 0.5) is 5.69 Å². The van der Waals surface area contributed by atoms with Crippen LogP contribution in [0.15, 0.2) is 0 Å². The molecule has 1 fully saturated rings. The molecule has 1 heterocycles. The van der Waals surface area contributed by atoms with Gasteiger partial charge in [-0.25, -0.2) is 4.68 Å². The summed E-state index contributed by atoms with van der Waals surface area (Å²) in [5, 5.41) is 4.48. The van der Waals surface area contributed by atoms with Gasteiger partial charge in [-0.05, 0) is 37.0 Å². The first-order chi connectivity index (χ1) is 8.88. The molecule has 4 heteroatoms. The Morgan fingerprint density at radius 2 is 1.79 bits per heavy atom. The highest BCUT2D eigenvalue weighted by molar-refractivity contribution is 5.54. The SMILES string of the molecule is CC1CC(C)CC(Oc2c(N)c(C(C)C)nn2C)C1. The highest BCUT2D eigenvalue weighted by atomic mass is 16.5. The van der Waals surface area contributed by atoms with E-state index < -0.39 is 0 Å². The molecule has 4 nitrogen and oxygen atoms in total. The molecule has 0 radical (unpaired) electrons. The van der Waals surface area contributed by atoms with Crippen molar-refractivity contribution in [1.29, 1.82) is 0 Å². The summed E-state index contributed by atoms with van der Waals surface area (Å²) < 4.78 is 7.95. The van der Waals surface area contributed by atoms with Crippen LogP contribution in [0.1, 0.15) is 58.6 Å². The van der Waals surface area contributed by atoms with Gasteiger partial charge in [-0.15, -0.1) is 0 Å². The summed E-state index contributed by atoms with van der Waals surface area (Å²) in [7, 11) is 1.91. The fraction of sp³-hybridized carbons (Fsp3) is 0.800. The summed E-state index contributed by atoms with van der Waals surface area (Å²) in [6.45, 7) is 8.82. The predicted octanol–water partition coefficient (Wildman–Crippen LogP) is 3.33. The van der Waals surface area contributed by atoms with Crippen LogP contribution in [0.5, 0.6) is 5.88 Å². The second-order valence-electron chi connectivity index (χ2n) is 6.54. The molecule has 0 aliphatic heterocycles. The lowest BCUT2D eigenvalue weighted by atomic mass is 9.82. The fourth-order valence-electron chi connectivity index (χ4n) is 3.24.